The molecule has 0 radical (unpaired) electrons. The van der Waals surface area contributed by atoms with Gasteiger partial charge in [0.05, 0.1) is 6.61 Å². The quantitative estimate of drug-likeness (QED) is 0.403. The Kier molecular flexibility index (Phi) is 5.37. The second kappa shape index (κ2) is 7.87. The van der Waals surface area contributed by atoms with Crippen LogP contribution < -0.4 is 0 Å². The number of hydrogen-bond acceptors (Lipinski definition) is 4. The minimum atomic E-state index is -2.60. The first kappa shape index (κ1) is 17.7. The van der Waals surface area contributed by atoms with Crippen molar-refractivity contribution in [2.75, 3.05) is 0 Å². The van der Waals surface area contributed by atoms with Gasteiger partial charge < -0.3 is 9.84 Å². The molecule has 3 aromatic carbocycles. The van der Waals surface area contributed by atoms with E-state index < -0.39 is 17.4 Å². The monoisotopic (exact) mass is 346 g/mol. The van der Waals surface area contributed by atoms with Crippen LogP contribution in [0.5, 0.6) is 0 Å². The Labute approximate surface area is 151 Å². The Morgan fingerprint density at radius 3 is 1.50 bits per heavy atom. The molecule has 0 bridgehead atoms. The fourth-order valence-electron chi connectivity index (χ4n) is 2.57. The zero-order valence-corrected chi connectivity index (χ0v) is 14.0. The largest absolute Gasteiger partial charge is 0.353 e. The van der Waals surface area contributed by atoms with Crippen LogP contribution in [0, 0.1) is 0 Å². The van der Waals surface area contributed by atoms with Gasteiger partial charge in [0.2, 0.25) is 11.6 Å². The van der Waals surface area contributed by atoms with E-state index in [2.05, 4.69) is 0 Å². The van der Waals surface area contributed by atoms with Crippen molar-refractivity contribution in [1.29, 1.82) is 0 Å². The van der Waals surface area contributed by atoms with E-state index in [-0.39, 0.29) is 17.7 Å². The predicted molar refractivity (Wildman–Crippen MR) is 97.7 cm³/mol. The van der Waals surface area contributed by atoms with Crippen molar-refractivity contribution in [2.24, 2.45) is 0 Å². The van der Waals surface area contributed by atoms with Gasteiger partial charge in [-0.3, -0.25) is 9.59 Å². The maximum Gasteiger partial charge on any atom is 0.297 e. The topological polar surface area (TPSA) is 63.6 Å². The number of hydrogen-bond donors (Lipinski definition) is 1. The van der Waals surface area contributed by atoms with Crippen LogP contribution in [-0.2, 0) is 11.3 Å². The van der Waals surface area contributed by atoms with Crippen molar-refractivity contribution in [2.45, 2.75) is 12.4 Å². The number of benzene rings is 3. The van der Waals surface area contributed by atoms with Gasteiger partial charge in [-0.05, 0) is 5.56 Å². The lowest BCUT2D eigenvalue weighted by Crippen LogP contribution is -2.49. The second-order valence-corrected chi connectivity index (χ2v) is 5.81. The molecule has 26 heavy (non-hydrogen) atoms. The predicted octanol–water partition coefficient (Wildman–Crippen LogP) is 3.66. The first-order valence-corrected chi connectivity index (χ1v) is 8.21. The molecule has 0 aliphatic carbocycles. The smallest absolute Gasteiger partial charge is 0.297 e. The molecule has 0 amide bonds. The molecule has 4 nitrogen and oxygen atoms in total. The van der Waals surface area contributed by atoms with Crippen molar-refractivity contribution in [3.8, 4) is 0 Å². The lowest BCUT2D eigenvalue weighted by molar-refractivity contribution is -0.140. The number of ether oxygens (including phenoxy) is 1. The number of ketones is 2. The van der Waals surface area contributed by atoms with E-state index in [9.17, 15) is 14.7 Å². The number of Topliss-reactive ketones (excluding diaryl/α,β-unsaturated/α-hetero) is 2. The van der Waals surface area contributed by atoms with Gasteiger partial charge in [0.15, 0.2) is 0 Å². The summed E-state index contributed by atoms with van der Waals surface area (Å²) in [6.07, 6.45) is 0. The molecule has 0 atom stereocenters. The van der Waals surface area contributed by atoms with E-state index in [1.165, 1.54) is 24.3 Å². The Morgan fingerprint density at radius 2 is 1.08 bits per heavy atom. The first-order chi connectivity index (χ1) is 12.6. The molecule has 0 saturated heterocycles. The summed E-state index contributed by atoms with van der Waals surface area (Å²) in [7, 11) is 0. The Bertz CT molecular complexity index is 822. The molecule has 0 spiro atoms. The van der Waals surface area contributed by atoms with Crippen LogP contribution in [-0.4, -0.2) is 22.5 Å². The fourth-order valence-corrected chi connectivity index (χ4v) is 2.57. The van der Waals surface area contributed by atoms with Crippen LogP contribution >= 0.6 is 0 Å². The summed E-state index contributed by atoms with van der Waals surface area (Å²) in [5.41, 5.74) is 1.15. The third kappa shape index (κ3) is 3.77. The minimum absolute atomic E-state index is 0.0749. The summed E-state index contributed by atoms with van der Waals surface area (Å²) in [6.45, 7) is -0.0749. The van der Waals surface area contributed by atoms with E-state index in [1.54, 1.807) is 48.5 Å². The van der Waals surface area contributed by atoms with Gasteiger partial charge in [-0.15, -0.1) is 0 Å². The summed E-state index contributed by atoms with van der Waals surface area (Å²) in [5, 5.41) is 11.0. The lowest BCUT2D eigenvalue weighted by Gasteiger charge is -2.25. The van der Waals surface area contributed by atoms with Gasteiger partial charge in [0, 0.05) is 11.1 Å². The highest BCUT2D eigenvalue weighted by Gasteiger charge is 2.46. The summed E-state index contributed by atoms with van der Waals surface area (Å²) in [4.78, 5) is 25.8. The van der Waals surface area contributed by atoms with Gasteiger partial charge in [0.1, 0.15) is 0 Å². The first-order valence-electron chi connectivity index (χ1n) is 8.21. The number of carbonyl (C=O) groups excluding carboxylic acids is 2. The van der Waals surface area contributed by atoms with Crippen molar-refractivity contribution >= 4 is 11.6 Å². The van der Waals surface area contributed by atoms with Crippen molar-refractivity contribution < 1.29 is 19.4 Å². The van der Waals surface area contributed by atoms with Crippen LogP contribution in [0.15, 0.2) is 91.0 Å². The molecule has 0 aliphatic rings. The lowest BCUT2D eigenvalue weighted by atomic mass is 9.95. The average molecular weight is 346 g/mol. The normalized spacial score (nSPS) is 11.1. The van der Waals surface area contributed by atoms with Gasteiger partial charge in [0.25, 0.3) is 5.79 Å². The Morgan fingerprint density at radius 1 is 0.692 bits per heavy atom. The molecule has 0 aromatic heterocycles. The van der Waals surface area contributed by atoms with E-state index in [0.29, 0.717) is 0 Å². The van der Waals surface area contributed by atoms with Crippen LogP contribution in [0.2, 0.25) is 0 Å². The Balaban J connectivity index is 1.95. The zero-order chi connectivity index (χ0) is 18.4. The second-order valence-electron chi connectivity index (χ2n) is 5.81. The average Bonchev–Trinajstić information content (AvgIpc) is 2.73. The SMILES string of the molecule is O=C(c1ccccc1)C(O)(OCc1ccccc1)C(=O)c1ccccc1. The summed E-state index contributed by atoms with van der Waals surface area (Å²) in [6, 6.07) is 25.4. The molecular formula is C22H18O4. The van der Waals surface area contributed by atoms with Crippen LogP contribution in [0.25, 0.3) is 0 Å². The molecule has 4 heteroatoms. The molecule has 0 fully saturated rings. The maximum absolute atomic E-state index is 12.9. The minimum Gasteiger partial charge on any atom is -0.353 e. The van der Waals surface area contributed by atoms with Crippen molar-refractivity contribution in [3.05, 3.63) is 108 Å². The highest BCUT2D eigenvalue weighted by atomic mass is 16.6. The third-order valence-electron chi connectivity index (χ3n) is 3.98. The van der Waals surface area contributed by atoms with Gasteiger partial charge in [-0.2, -0.15) is 0 Å². The fraction of sp³-hybridized carbons (Fsp3) is 0.0909. The molecule has 0 unspecified atom stereocenters. The highest BCUT2D eigenvalue weighted by Crippen LogP contribution is 2.23. The van der Waals surface area contributed by atoms with E-state index in [4.69, 9.17) is 4.74 Å². The van der Waals surface area contributed by atoms with E-state index in [0.717, 1.165) is 5.56 Å². The molecule has 130 valence electrons. The Hall–Kier alpha value is -3.08. The van der Waals surface area contributed by atoms with E-state index >= 15 is 0 Å². The van der Waals surface area contributed by atoms with Gasteiger partial charge >= 0.3 is 0 Å². The third-order valence-corrected chi connectivity index (χ3v) is 3.98. The number of carbonyl (C=O) groups is 2. The molecule has 0 saturated carbocycles. The molecule has 3 rings (SSSR count). The van der Waals surface area contributed by atoms with Crippen LogP contribution in [0.3, 0.4) is 0 Å². The maximum atomic E-state index is 12.9. The molecule has 0 heterocycles. The van der Waals surface area contributed by atoms with Crippen LogP contribution in [0.4, 0.5) is 0 Å². The molecule has 3 aromatic rings. The van der Waals surface area contributed by atoms with Crippen LogP contribution in [0.1, 0.15) is 26.3 Å². The zero-order valence-electron chi connectivity index (χ0n) is 14.0. The van der Waals surface area contributed by atoms with Crippen molar-refractivity contribution in [3.63, 3.8) is 0 Å². The molecular weight excluding hydrogens is 328 g/mol. The highest BCUT2D eigenvalue weighted by molar-refractivity contribution is 6.21. The van der Waals surface area contributed by atoms with Gasteiger partial charge in [-0.1, -0.05) is 91.0 Å². The summed E-state index contributed by atoms with van der Waals surface area (Å²) >= 11 is 0. The number of aliphatic hydroxyl groups is 1. The standard InChI is InChI=1S/C22H18O4/c23-20(18-12-6-2-7-13-18)22(25,21(24)19-14-8-3-9-15-19)26-16-17-10-4-1-5-11-17/h1-15,25H,16H2. The molecule has 1 N–H and O–H groups in total. The summed E-state index contributed by atoms with van der Waals surface area (Å²) in [5.74, 6) is -4.18. The summed E-state index contributed by atoms with van der Waals surface area (Å²) < 4.78 is 5.50. The van der Waals surface area contributed by atoms with Gasteiger partial charge in [-0.25, -0.2) is 0 Å². The van der Waals surface area contributed by atoms with Crippen molar-refractivity contribution in [1.82, 2.24) is 0 Å². The number of rotatable bonds is 7. The van der Waals surface area contributed by atoms with E-state index in [1.807, 2.05) is 18.2 Å². The molecule has 0 aliphatic heterocycles.